The summed E-state index contributed by atoms with van der Waals surface area (Å²) >= 11 is 0. The number of nitrogens with two attached hydrogens (primary N) is 1. The van der Waals surface area contributed by atoms with Gasteiger partial charge in [-0.3, -0.25) is 13.9 Å². The van der Waals surface area contributed by atoms with Gasteiger partial charge in [0.05, 0.1) is 12.2 Å². The van der Waals surface area contributed by atoms with Gasteiger partial charge in [0.15, 0.2) is 11.8 Å². The number of carbonyl (C=O) groups excluding carboxylic acids is 1. The molecule has 15 heteroatoms. The molecule has 7 atom stereocenters. The highest BCUT2D eigenvalue weighted by atomic mass is 31.2. The van der Waals surface area contributed by atoms with Crippen molar-refractivity contribution in [2.24, 2.45) is 0 Å². The summed E-state index contributed by atoms with van der Waals surface area (Å²) in [6.45, 7) is 4.50. The van der Waals surface area contributed by atoms with Crippen molar-refractivity contribution >= 4 is 19.5 Å². The molecule has 13 nitrogen and oxygen atoms in total. The van der Waals surface area contributed by atoms with Crippen LogP contribution in [0.3, 0.4) is 0 Å². The monoisotopic (exact) mass is 558 g/mol. The first kappa shape index (κ1) is 29.7. The third-order valence-corrected chi connectivity index (χ3v) is 7.41. The standard InChI is InChI=1S/C23H32FN4O9P/c1-13(2)34-20(30)14(3)27-38(33,37-16-8-6-5-7-9-16)36-15(4)18-19(29)23(32,12-24)21(35-18)28-11-10-17(25)26-22(28)31/h5-11,13-15,18-19,21,29,32H,12H2,1-4H3,(H,27,33)(H2,25,26,31)/t14-,15-,18+,19?,21+,23+,38+/m0/s1. The van der Waals surface area contributed by atoms with Crippen LogP contribution in [0.2, 0.25) is 0 Å². The van der Waals surface area contributed by atoms with Gasteiger partial charge in [-0.15, -0.1) is 0 Å². The summed E-state index contributed by atoms with van der Waals surface area (Å²) in [6, 6.07) is 8.01. The number of alkyl halides is 1. The number of nitrogen functional groups attached to an aromatic ring is 1. The van der Waals surface area contributed by atoms with Gasteiger partial charge < -0.3 is 29.9 Å². The van der Waals surface area contributed by atoms with Gasteiger partial charge in [-0.25, -0.2) is 13.8 Å². The smallest absolute Gasteiger partial charge is 0.459 e. The number of nitrogens with zero attached hydrogens (tertiary/aromatic N) is 2. The maximum atomic E-state index is 14.1. The first-order valence-corrected chi connectivity index (χ1v) is 13.3. The Morgan fingerprint density at radius 3 is 2.53 bits per heavy atom. The summed E-state index contributed by atoms with van der Waals surface area (Å²) < 4.78 is 50.7. The lowest BCUT2D eigenvalue weighted by molar-refractivity contribution is -0.149. The minimum Gasteiger partial charge on any atom is -0.462 e. The fourth-order valence-electron chi connectivity index (χ4n) is 3.80. The Hall–Kier alpha value is -2.87. The van der Waals surface area contributed by atoms with Crippen LogP contribution in [-0.4, -0.2) is 68.5 Å². The zero-order valence-electron chi connectivity index (χ0n) is 21.3. The van der Waals surface area contributed by atoms with Crippen LogP contribution >= 0.6 is 7.75 Å². The molecule has 0 spiro atoms. The molecule has 1 unspecified atom stereocenters. The summed E-state index contributed by atoms with van der Waals surface area (Å²) in [5.74, 6) is -0.713. The van der Waals surface area contributed by atoms with Gasteiger partial charge in [-0.05, 0) is 45.9 Å². The fraction of sp³-hybridized carbons (Fsp3) is 0.522. The predicted molar refractivity (Wildman–Crippen MR) is 133 cm³/mol. The molecule has 1 aliphatic rings. The summed E-state index contributed by atoms with van der Waals surface area (Å²) in [5.41, 5.74) is 1.95. The Morgan fingerprint density at radius 1 is 1.29 bits per heavy atom. The molecule has 0 radical (unpaired) electrons. The Kier molecular flexibility index (Phi) is 9.29. The molecule has 210 valence electrons. The highest BCUT2D eigenvalue weighted by Gasteiger charge is 2.59. The van der Waals surface area contributed by atoms with Gasteiger partial charge in [0.1, 0.15) is 36.5 Å². The van der Waals surface area contributed by atoms with Gasteiger partial charge in [0.2, 0.25) is 0 Å². The van der Waals surface area contributed by atoms with Gasteiger partial charge in [0.25, 0.3) is 0 Å². The van der Waals surface area contributed by atoms with Crippen molar-refractivity contribution in [3.05, 3.63) is 53.1 Å². The molecule has 1 fully saturated rings. The fourth-order valence-corrected chi connectivity index (χ4v) is 5.49. The lowest BCUT2D eigenvalue weighted by Crippen LogP contribution is -2.51. The number of benzene rings is 1. The molecule has 0 bridgehead atoms. The molecule has 0 amide bonds. The van der Waals surface area contributed by atoms with E-state index in [0.29, 0.717) is 0 Å². The Labute approximate surface area is 218 Å². The second-order valence-corrected chi connectivity index (χ2v) is 10.8. The number of hydrogen-bond acceptors (Lipinski definition) is 11. The zero-order chi connectivity index (χ0) is 28.3. The van der Waals surface area contributed by atoms with E-state index in [2.05, 4.69) is 10.1 Å². The molecule has 1 aromatic heterocycles. The van der Waals surface area contributed by atoms with Gasteiger partial charge in [-0.2, -0.15) is 10.1 Å². The van der Waals surface area contributed by atoms with Crippen LogP contribution in [0, 0.1) is 0 Å². The van der Waals surface area contributed by atoms with E-state index in [1.165, 1.54) is 32.0 Å². The second-order valence-electron chi connectivity index (χ2n) is 9.11. The number of aliphatic hydroxyl groups is 2. The highest BCUT2D eigenvalue weighted by Crippen LogP contribution is 2.49. The van der Waals surface area contributed by atoms with E-state index in [0.717, 1.165) is 10.8 Å². The molecule has 1 aliphatic heterocycles. The predicted octanol–water partition coefficient (Wildman–Crippen LogP) is 1.31. The van der Waals surface area contributed by atoms with Crippen LogP contribution < -0.4 is 21.0 Å². The number of rotatable bonds is 11. The molecule has 1 aromatic carbocycles. The van der Waals surface area contributed by atoms with E-state index in [1.54, 1.807) is 32.0 Å². The summed E-state index contributed by atoms with van der Waals surface area (Å²) in [6.07, 6.45) is -5.81. The molecule has 38 heavy (non-hydrogen) atoms. The van der Waals surface area contributed by atoms with E-state index >= 15 is 0 Å². The summed E-state index contributed by atoms with van der Waals surface area (Å²) in [5, 5.41) is 24.3. The van der Waals surface area contributed by atoms with Gasteiger partial charge >= 0.3 is 19.4 Å². The lowest BCUT2D eigenvalue weighted by Gasteiger charge is -2.30. The van der Waals surface area contributed by atoms with Crippen LogP contribution in [-0.2, 0) is 23.4 Å². The molecule has 2 aromatic rings. The van der Waals surface area contributed by atoms with E-state index in [1.807, 2.05) is 0 Å². The van der Waals surface area contributed by atoms with Crippen molar-refractivity contribution in [1.82, 2.24) is 14.6 Å². The maximum Gasteiger partial charge on any atom is 0.459 e. The van der Waals surface area contributed by atoms with Crippen molar-refractivity contribution in [3.63, 3.8) is 0 Å². The molecular formula is C23H32FN4O9P. The number of para-hydroxylation sites is 1. The molecule has 1 saturated heterocycles. The molecule has 3 rings (SSSR count). The number of carbonyl (C=O) groups is 1. The third kappa shape index (κ3) is 6.57. The van der Waals surface area contributed by atoms with E-state index < -0.39 is 68.4 Å². The zero-order valence-corrected chi connectivity index (χ0v) is 22.2. The first-order chi connectivity index (χ1) is 17.8. The molecule has 0 saturated carbocycles. The SMILES string of the molecule is CC(C)OC(=O)[C@H](C)N[P@](=O)(Oc1ccccc1)O[C@@H](C)[C@H]1O[C@@H](n2ccc(N)nc2=O)[C@@](O)(CF)C1O. The average molecular weight is 559 g/mol. The van der Waals surface area contributed by atoms with Gasteiger partial charge in [-0.1, -0.05) is 18.2 Å². The van der Waals surface area contributed by atoms with Crippen LogP contribution in [0.4, 0.5) is 10.2 Å². The summed E-state index contributed by atoms with van der Waals surface area (Å²) in [4.78, 5) is 28.2. The van der Waals surface area contributed by atoms with Crippen LogP contribution in [0.1, 0.15) is 33.9 Å². The average Bonchev–Trinajstić information content (AvgIpc) is 3.10. The van der Waals surface area contributed by atoms with Crippen molar-refractivity contribution < 1.29 is 42.5 Å². The normalized spacial score (nSPS) is 26.5. The van der Waals surface area contributed by atoms with Crippen molar-refractivity contribution in [2.75, 3.05) is 12.4 Å². The minimum absolute atomic E-state index is 0.114. The van der Waals surface area contributed by atoms with Crippen LogP contribution in [0.5, 0.6) is 5.75 Å². The molecular weight excluding hydrogens is 526 g/mol. The maximum absolute atomic E-state index is 14.1. The minimum atomic E-state index is -4.40. The van der Waals surface area contributed by atoms with E-state index in [-0.39, 0.29) is 11.6 Å². The number of anilines is 1. The Balaban J connectivity index is 1.88. The number of nitrogens with one attached hydrogen (secondary N) is 1. The Bertz CT molecular complexity index is 1220. The van der Waals surface area contributed by atoms with Crippen molar-refractivity contribution in [1.29, 1.82) is 0 Å². The number of esters is 1. The topological polar surface area (TPSA) is 184 Å². The van der Waals surface area contributed by atoms with Crippen LogP contribution in [0.25, 0.3) is 0 Å². The molecule has 2 heterocycles. The number of hydrogen-bond donors (Lipinski definition) is 4. The lowest BCUT2D eigenvalue weighted by atomic mass is 9.93. The number of aromatic nitrogens is 2. The third-order valence-electron chi connectivity index (χ3n) is 5.65. The molecule has 5 N–H and O–H groups in total. The molecule has 0 aliphatic carbocycles. The second kappa shape index (κ2) is 11.9. The van der Waals surface area contributed by atoms with Crippen LogP contribution in [0.15, 0.2) is 47.4 Å². The largest absolute Gasteiger partial charge is 0.462 e. The van der Waals surface area contributed by atoms with Crippen molar-refractivity contribution in [2.45, 2.75) is 70.0 Å². The van der Waals surface area contributed by atoms with E-state index in [9.17, 15) is 28.8 Å². The van der Waals surface area contributed by atoms with Crippen molar-refractivity contribution in [3.8, 4) is 5.75 Å². The summed E-state index contributed by atoms with van der Waals surface area (Å²) in [7, 11) is -4.40. The number of halogens is 1. The number of ether oxygens (including phenoxy) is 2. The van der Waals surface area contributed by atoms with E-state index in [4.69, 9.17) is 24.3 Å². The number of aliphatic hydroxyl groups excluding tert-OH is 1. The Morgan fingerprint density at radius 2 is 1.95 bits per heavy atom. The quantitative estimate of drug-likeness (QED) is 0.229. The highest BCUT2D eigenvalue weighted by molar-refractivity contribution is 7.52. The van der Waals surface area contributed by atoms with Gasteiger partial charge in [0, 0.05) is 6.20 Å². The first-order valence-electron chi connectivity index (χ1n) is 11.8.